The fourth-order valence-electron chi connectivity index (χ4n) is 3.12. The molecule has 0 unspecified atom stereocenters. The van der Waals surface area contributed by atoms with Gasteiger partial charge >= 0.3 is 0 Å². The number of carbonyl (C=O) groups is 1. The van der Waals surface area contributed by atoms with E-state index in [1.54, 1.807) is 0 Å². The molecule has 4 heteroatoms. The van der Waals surface area contributed by atoms with Crippen molar-refractivity contribution in [3.8, 4) is 11.1 Å². The number of amides is 1. The van der Waals surface area contributed by atoms with Crippen LogP contribution in [0.1, 0.15) is 27.8 Å². The van der Waals surface area contributed by atoms with Crippen molar-refractivity contribution >= 4 is 5.91 Å². The van der Waals surface area contributed by atoms with E-state index < -0.39 is 0 Å². The number of hydrogen-bond donors (Lipinski definition) is 1. The number of nitrogens with one attached hydrogen (secondary N) is 1. The molecule has 0 aliphatic carbocycles. The molecule has 3 aromatic rings. The SMILES string of the molecule is O=C(NCc1cccc(-c2ccc(C3OCCO3)cc2)c1)c1ccccc1. The van der Waals surface area contributed by atoms with Gasteiger partial charge in [-0.05, 0) is 34.9 Å². The van der Waals surface area contributed by atoms with E-state index in [0.717, 1.165) is 22.3 Å². The van der Waals surface area contributed by atoms with Gasteiger partial charge in [-0.2, -0.15) is 0 Å². The fraction of sp³-hybridized carbons (Fsp3) is 0.174. The van der Waals surface area contributed by atoms with Gasteiger partial charge in [-0.25, -0.2) is 0 Å². The molecule has 1 saturated heterocycles. The van der Waals surface area contributed by atoms with Gasteiger partial charge in [0, 0.05) is 17.7 Å². The van der Waals surface area contributed by atoms with Gasteiger partial charge < -0.3 is 14.8 Å². The van der Waals surface area contributed by atoms with E-state index in [1.807, 2.05) is 54.6 Å². The second-order valence-corrected chi connectivity index (χ2v) is 6.44. The third-order valence-corrected chi connectivity index (χ3v) is 4.55. The van der Waals surface area contributed by atoms with Crippen LogP contribution in [0.25, 0.3) is 11.1 Å². The van der Waals surface area contributed by atoms with E-state index in [0.29, 0.717) is 25.3 Å². The number of carbonyl (C=O) groups excluding carboxylic acids is 1. The summed E-state index contributed by atoms with van der Waals surface area (Å²) in [6.07, 6.45) is -0.251. The van der Waals surface area contributed by atoms with E-state index in [1.165, 1.54) is 0 Å². The van der Waals surface area contributed by atoms with Crippen molar-refractivity contribution in [1.29, 1.82) is 0 Å². The third kappa shape index (κ3) is 4.25. The van der Waals surface area contributed by atoms with Gasteiger partial charge in [0.1, 0.15) is 0 Å². The Hall–Kier alpha value is -2.95. The van der Waals surface area contributed by atoms with E-state index in [-0.39, 0.29) is 12.2 Å². The summed E-state index contributed by atoms with van der Waals surface area (Å²) in [5.74, 6) is -0.0677. The first-order valence-corrected chi connectivity index (χ1v) is 9.05. The summed E-state index contributed by atoms with van der Waals surface area (Å²) in [7, 11) is 0. The van der Waals surface area contributed by atoms with Crippen LogP contribution in [0.3, 0.4) is 0 Å². The van der Waals surface area contributed by atoms with Crippen molar-refractivity contribution in [2.24, 2.45) is 0 Å². The van der Waals surface area contributed by atoms with Crippen molar-refractivity contribution in [2.75, 3.05) is 13.2 Å². The molecule has 4 nitrogen and oxygen atoms in total. The van der Waals surface area contributed by atoms with Gasteiger partial charge in [0.15, 0.2) is 6.29 Å². The lowest BCUT2D eigenvalue weighted by atomic mass is 10.0. The lowest BCUT2D eigenvalue weighted by molar-refractivity contribution is -0.0441. The van der Waals surface area contributed by atoms with Crippen molar-refractivity contribution < 1.29 is 14.3 Å². The molecular weight excluding hydrogens is 338 g/mol. The second kappa shape index (κ2) is 8.16. The minimum atomic E-state index is -0.251. The smallest absolute Gasteiger partial charge is 0.251 e. The highest BCUT2D eigenvalue weighted by Crippen LogP contribution is 2.27. The highest BCUT2D eigenvalue weighted by Gasteiger charge is 2.17. The van der Waals surface area contributed by atoms with Crippen LogP contribution < -0.4 is 5.32 Å². The first kappa shape index (κ1) is 17.5. The predicted octanol–water partition coefficient (Wildman–Crippen LogP) is 4.33. The first-order valence-electron chi connectivity index (χ1n) is 9.05. The zero-order chi connectivity index (χ0) is 18.5. The molecule has 0 aromatic heterocycles. The van der Waals surface area contributed by atoms with Crippen LogP contribution in [0.2, 0.25) is 0 Å². The van der Waals surface area contributed by atoms with Gasteiger partial charge in [-0.1, -0.05) is 60.7 Å². The molecule has 1 aliphatic heterocycles. The molecule has 0 bridgehead atoms. The summed E-state index contributed by atoms with van der Waals surface area (Å²) in [4.78, 5) is 12.2. The van der Waals surface area contributed by atoms with E-state index >= 15 is 0 Å². The van der Waals surface area contributed by atoms with Crippen LogP contribution in [-0.2, 0) is 16.0 Å². The maximum atomic E-state index is 12.2. The molecule has 4 rings (SSSR count). The summed E-state index contributed by atoms with van der Waals surface area (Å²) < 4.78 is 11.1. The lowest BCUT2D eigenvalue weighted by Crippen LogP contribution is -2.22. The quantitative estimate of drug-likeness (QED) is 0.738. The molecule has 0 spiro atoms. The zero-order valence-corrected chi connectivity index (χ0v) is 14.9. The molecule has 1 fully saturated rings. The van der Waals surface area contributed by atoms with E-state index in [4.69, 9.17) is 9.47 Å². The highest BCUT2D eigenvalue weighted by atomic mass is 16.7. The van der Waals surface area contributed by atoms with Gasteiger partial charge in [0.25, 0.3) is 5.91 Å². The van der Waals surface area contributed by atoms with Crippen LogP contribution in [0.4, 0.5) is 0 Å². The van der Waals surface area contributed by atoms with Crippen LogP contribution in [0, 0.1) is 0 Å². The van der Waals surface area contributed by atoms with Gasteiger partial charge in [0.2, 0.25) is 0 Å². The topological polar surface area (TPSA) is 47.6 Å². The Bertz CT molecular complexity index is 900. The summed E-state index contributed by atoms with van der Waals surface area (Å²) >= 11 is 0. The monoisotopic (exact) mass is 359 g/mol. The van der Waals surface area contributed by atoms with Crippen molar-refractivity contribution in [2.45, 2.75) is 12.8 Å². The Kier molecular flexibility index (Phi) is 5.28. The van der Waals surface area contributed by atoms with Gasteiger partial charge in [-0.3, -0.25) is 4.79 Å². The van der Waals surface area contributed by atoms with Crippen LogP contribution >= 0.6 is 0 Å². The summed E-state index contributed by atoms with van der Waals surface area (Å²) in [5.41, 5.74) is 4.99. The molecule has 1 N–H and O–H groups in total. The molecule has 1 heterocycles. The molecule has 27 heavy (non-hydrogen) atoms. The van der Waals surface area contributed by atoms with E-state index in [9.17, 15) is 4.79 Å². The Balaban J connectivity index is 1.43. The molecule has 0 atom stereocenters. The van der Waals surface area contributed by atoms with Crippen LogP contribution in [0.15, 0.2) is 78.9 Å². The van der Waals surface area contributed by atoms with Crippen molar-refractivity contribution in [3.63, 3.8) is 0 Å². The number of hydrogen-bond acceptors (Lipinski definition) is 3. The Morgan fingerprint density at radius 1 is 0.852 bits per heavy atom. The van der Waals surface area contributed by atoms with Crippen LogP contribution in [-0.4, -0.2) is 19.1 Å². The molecule has 1 aliphatic rings. The Morgan fingerprint density at radius 2 is 1.59 bits per heavy atom. The van der Waals surface area contributed by atoms with Gasteiger partial charge in [0.05, 0.1) is 13.2 Å². The predicted molar refractivity (Wildman–Crippen MR) is 104 cm³/mol. The molecule has 3 aromatic carbocycles. The summed E-state index contributed by atoms with van der Waals surface area (Å²) in [6.45, 7) is 1.77. The van der Waals surface area contributed by atoms with Crippen molar-refractivity contribution in [1.82, 2.24) is 5.32 Å². The fourth-order valence-corrected chi connectivity index (χ4v) is 3.12. The lowest BCUT2D eigenvalue weighted by Gasteiger charge is -2.11. The standard InChI is InChI=1S/C23H21NO3/c25-22(19-6-2-1-3-7-19)24-16-17-5-4-8-21(15-17)18-9-11-20(12-10-18)23-26-13-14-27-23/h1-12,15,23H,13-14,16H2,(H,24,25). The van der Waals surface area contributed by atoms with Gasteiger partial charge in [-0.15, -0.1) is 0 Å². The molecule has 0 saturated carbocycles. The third-order valence-electron chi connectivity index (χ3n) is 4.55. The zero-order valence-electron chi connectivity index (χ0n) is 14.9. The molecule has 1 amide bonds. The summed E-state index contributed by atoms with van der Waals surface area (Å²) in [5, 5.41) is 2.97. The average molecular weight is 359 g/mol. The van der Waals surface area contributed by atoms with E-state index in [2.05, 4.69) is 29.6 Å². The molecule has 0 radical (unpaired) electrons. The van der Waals surface area contributed by atoms with Crippen LogP contribution in [0.5, 0.6) is 0 Å². The Morgan fingerprint density at radius 3 is 2.33 bits per heavy atom. The minimum absolute atomic E-state index is 0.0677. The Labute approximate surface area is 158 Å². The summed E-state index contributed by atoms with van der Waals surface area (Å²) in [6, 6.07) is 25.7. The largest absolute Gasteiger partial charge is 0.348 e. The van der Waals surface area contributed by atoms with Crippen molar-refractivity contribution in [3.05, 3.63) is 95.6 Å². The number of ether oxygens (including phenoxy) is 2. The maximum Gasteiger partial charge on any atom is 0.251 e. The number of benzene rings is 3. The molecule has 136 valence electrons. The average Bonchev–Trinajstić information content (AvgIpc) is 3.28. The molecular formula is C23H21NO3. The maximum absolute atomic E-state index is 12.2. The first-order chi connectivity index (χ1) is 13.3. The second-order valence-electron chi connectivity index (χ2n) is 6.44. The number of rotatable bonds is 5. The highest BCUT2D eigenvalue weighted by molar-refractivity contribution is 5.94. The normalized spacial score (nSPS) is 14.2. The minimum Gasteiger partial charge on any atom is -0.348 e.